The van der Waals surface area contributed by atoms with Crippen molar-refractivity contribution in [3.63, 3.8) is 0 Å². The predicted molar refractivity (Wildman–Crippen MR) is 119 cm³/mol. The number of benzene rings is 2. The molecule has 7 heteroatoms. The topological polar surface area (TPSA) is 67.2 Å². The number of thioether (sulfide) groups is 1. The zero-order chi connectivity index (χ0) is 21.1. The van der Waals surface area contributed by atoms with Crippen molar-refractivity contribution in [1.82, 2.24) is 15.1 Å². The number of carbonyl (C=O) groups is 2. The van der Waals surface area contributed by atoms with Crippen LogP contribution in [0.3, 0.4) is 0 Å². The van der Waals surface area contributed by atoms with Crippen LogP contribution in [0.25, 0.3) is 5.69 Å². The smallest absolute Gasteiger partial charge is 0.240 e. The molecule has 1 aliphatic heterocycles. The highest BCUT2D eigenvalue weighted by Gasteiger charge is 2.32. The summed E-state index contributed by atoms with van der Waals surface area (Å²) in [5.41, 5.74) is 3.57. The van der Waals surface area contributed by atoms with E-state index < -0.39 is 0 Å². The molecule has 0 saturated carbocycles. The maximum Gasteiger partial charge on any atom is 0.240 e. The van der Waals surface area contributed by atoms with Crippen LogP contribution in [-0.4, -0.2) is 40.4 Å². The summed E-state index contributed by atoms with van der Waals surface area (Å²) >= 11 is 1.46. The van der Waals surface area contributed by atoms with Crippen LogP contribution in [0.2, 0.25) is 0 Å². The Bertz CT molecular complexity index is 1050. The number of amides is 2. The van der Waals surface area contributed by atoms with Crippen molar-refractivity contribution in [3.05, 3.63) is 71.9 Å². The third-order valence-corrected chi connectivity index (χ3v) is 6.20. The molecule has 0 bridgehead atoms. The Kier molecular flexibility index (Phi) is 5.90. The van der Waals surface area contributed by atoms with Gasteiger partial charge in [0.15, 0.2) is 0 Å². The number of hydrogen-bond acceptors (Lipinski definition) is 4. The van der Waals surface area contributed by atoms with Crippen LogP contribution < -0.4 is 10.2 Å². The highest BCUT2D eigenvalue weighted by atomic mass is 32.2. The summed E-state index contributed by atoms with van der Waals surface area (Å²) in [6.45, 7) is 4.47. The maximum absolute atomic E-state index is 12.7. The molecule has 3 aromatic rings. The zero-order valence-electron chi connectivity index (χ0n) is 17.0. The molecule has 1 aliphatic rings. The molecule has 2 amide bonds. The minimum absolute atomic E-state index is 0.00474. The van der Waals surface area contributed by atoms with Crippen LogP contribution in [-0.2, 0) is 9.59 Å². The summed E-state index contributed by atoms with van der Waals surface area (Å²) in [6.07, 6.45) is 0. The minimum Gasteiger partial charge on any atom is -0.354 e. The van der Waals surface area contributed by atoms with Gasteiger partial charge in [-0.15, -0.1) is 0 Å². The summed E-state index contributed by atoms with van der Waals surface area (Å²) in [7, 11) is 0. The van der Waals surface area contributed by atoms with Gasteiger partial charge in [-0.3, -0.25) is 14.5 Å². The number of para-hydroxylation sites is 1. The van der Waals surface area contributed by atoms with E-state index in [0.29, 0.717) is 12.3 Å². The highest BCUT2D eigenvalue weighted by molar-refractivity contribution is 8.00. The van der Waals surface area contributed by atoms with Crippen LogP contribution in [0.15, 0.2) is 65.7 Å². The molecule has 30 heavy (non-hydrogen) atoms. The number of fused-ring (bicyclic) bond motifs is 1. The molecule has 1 atom stereocenters. The number of aromatic nitrogens is 2. The maximum atomic E-state index is 12.7. The second-order valence-electron chi connectivity index (χ2n) is 7.37. The van der Waals surface area contributed by atoms with Crippen molar-refractivity contribution in [2.24, 2.45) is 0 Å². The van der Waals surface area contributed by atoms with Gasteiger partial charge < -0.3 is 5.32 Å². The van der Waals surface area contributed by atoms with Gasteiger partial charge in [-0.05, 0) is 30.5 Å². The lowest BCUT2D eigenvalue weighted by molar-refractivity contribution is -0.123. The molecule has 1 aromatic heterocycles. The van der Waals surface area contributed by atoms with Gasteiger partial charge in [-0.25, -0.2) is 4.68 Å². The molecule has 6 nitrogen and oxygen atoms in total. The Hall–Kier alpha value is -3.06. The quantitative estimate of drug-likeness (QED) is 0.662. The van der Waals surface area contributed by atoms with E-state index in [-0.39, 0.29) is 24.3 Å². The van der Waals surface area contributed by atoms with E-state index in [9.17, 15) is 9.59 Å². The van der Waals surface area contributed by atoms with Crippen LogP contribution in [0.1, 0.15) is 24.1 Å². The molecule has 2 heterocycles. The van der Waals surface area contributed by atoms with Gasteiger partial charge in [0.25, 0.3) is 0 Å². The fourth-order valence-corrected chi connectivity index (χ4v) is 4.63. The molecule has 0 radical (unpaired) electrons. The number of aryl methyl sites for hydroxylation is 1. The lowest BCUT2D eigenvalue weighted by Gasteiger charge is -2.27. The van der Waals surface area contributed by atoms with E-state index in [1.54, 1.807) is 4.90 Å². The normalized spacial score (nSPS) is 14.3. The van der Waals surface area contributed by atoms with Gasteiger partial charge in [-0.1, -0.05) is 67.2 Å². The van der Waals surface area contributed by atoms with Gasteiger partial charge in [0, 0.05) is 6.54 Å². The second-order valence-corrected chi connectivity index (χ2v) is 8.33. The summed E-state index contributed by atoms with van der Waals surface area (Å²) in [5.74, 6) is 0.241. The van der Waals surface area contributed by atoms with Crippen molar-refractivity contribution in [2.45, 2.75) is 24.8 Å². The molecule has 1 N–H and O–H groups in total. The Morgan fingerprint density at radius 3 is 2.50 bits per heavy atom. The minimum atomic E-state index is -0.171. The fraction of sp³-hybridized carbons (Fsp3) is 0.261. The van der Waals surface area contributed by atoms with E-state index in [1.807, 2.05) is 60.1 Å². The predicted octanol–water partition coefficient (Wildman–Crippen LogP) is 3.54. The van der Waals surface area contributed by atoms with Crippen molar-refractivity contribution in [2.75, 3.05) is 23.7 Å². The molecule has 4 rings (SSSR count). The standard InChI is InChI=1S/C23H24N4O2S/c1-16(18-9-5-3-6-10-18)13-24-20(28)14-26-21(29)15-30-23-22(26)17(2)25-27(23)19-11-7-4-8-12-19/h3-12,16H,13-15H2,1-2H3,(H,24,28). The second kappa shape index (κ2) is 8.75. The molecule has 154 valence electrons. The first-order chi connectivity index (χ1) is 14.5. The first kappa shape index (κ1) is 20.2. The summed E-state index contributed by atoms with van der Waals surface area (Å²) in [4.78, 5) is 26.9. The van der Waals surface area contributed by atoms with E-state index in [1.165, 1.54) is 17.3 Å². The molecular formula is C23H24N4O2S. The lowest BCUT2D eigenvalue weighted by Crippen LogP contribution is -2.44. The summed E-state index contributed by atoms with van der Waals surface area (Å²) < 4.78 is 1.85. The third kappa shape index (κ3) is 4.11. The highest BCUT2D eigenvalue weighted by Crippen LogP contribution is 2.39. The van der Waals surface area contributed by atoms with E-state index in [0.717, 1.165) is 22.1 Å². The van der Waals surface area contributed by atoms with Crippen LogP contribution in [0.5, 0.6) is 0 Å². The van der Waals surface area contributed by atoms with Crippen molar-refractivity contribution >= 4 is 29.3 Å². The van der Waals surface area contributed by atoms with Gasteiger partial charge in [0.1, 0.15) is 11.6 Å². The molecule has 0 saturated heterocycles. The van der Waals surface area contributed by atoms with Gasteiger partial charge in [0.05, 0.1) is 22.8 Å². The summed E-state index contributed by atoms with van der Waals surface area (Å²) in [6, 6.07) is 19.9. The fourth-order valence-electron chi connectivity index (χ4n) is 3.55. The summed E-state index contributed by atoms with van der Waals surface area (Å²) in [5, 5.41) is 8.50. The Morgan fingerprint density at radius 1 is 1.13 bits per heavy atom. The SMILES string of the molecule is Cc1nn(-c2ccccc2)c2c1N(CC(=O)NCC(C)c1ccccc1)C(=O)CS2. The molecule has 1 unspecified atom stereocenters. The van der Waals surface area contributed by atoms with E-state index in [4.69, 9.17) is 0 Å². The van der Waals surface area contributed by atoms with Crippen LogP contribution >= 0.6 is 11.8 Å². The molecule has 0 fully saturated rings. The lowest BCUT2D eigenvalue weighted by atomic mass is 10.0. The zero-order valence-corrected chi connectivity index (χ0v) is 17.9. The number of nitrogens with zero attached hydrogens (tertiary/aromatic N) is 3. The average molecular weight is 421 g/mol. The Balaban J connectivity index is 1.49. The number of anilines is 1. The molecular weight excluding hydrogens is 396 g/mol. The third-order valence-electron chi connectivity index (χ3n) is 5.17. The number of carbonyl (C=O) groups excluding carboxylic acids is 2. The molecule has 0 aliphatic carbocycles. The van der Waals surface area contributed by atoms with Gasteiger partial charge >= 0.3 is 0 Å². The van der Waals surface area contributed by atoms with Crippen molar-refractivity contribution in [3.8, 4) is 5.69 Å². The van der Waals surface area contributed by atoms with E-state index in [2.05, 4.69) is 29.5 Å². The van der Waals surface area contributed by atoms with Crippen LogP contribution in [0.4, 0.5) is 5.69 Å². The number of nitrogens with one attached hydrogen (secondary N) is 1. The van der Waals surface area contributed by atoms with Crippen molar-refractivity contribution in [1.29, 1.82) is 0 Å². The van der Waals surface area contributed by atoms with Gasteiger partial charge in [0.2, 0.25) is 11.8 Å². The first-order valence-electron chi connectivity index (χ1n) is 9.94. The average Bonchev–Trinajstić information content (AvgIpc) is 3.12. The molecule has 2 aromatic carbocycles. The number of hydrogen-bond donors (Lipinski definition) is 1. The van der Waals surface area contributed by atoms with Gasteiger partial charge in [-0.2, -0.15) is 5.10 Å². The number of rotatable bonds is 6. The first-order valence-corrected chi connectivity index (χ1v) is 10.9. The van der Waals surface area contributed by atoms with E-state index >= 15 is 0 Å². The Morgan fingerprint density at radius 2 is 1.80 bits per heavy atom. The largest absolute Gasteiger partial charge is 0.354 e. The monoisotopic (exact) mass is 420 g/mol. The Labute approximate surface area is 180 Å². The van der Waals surface area contributed by atoms with Crippen LogP contribution in [0, 0.1) is 6.92 Å². The van der Waals surface area contributed by atoms with Crippen molar-refractivity contribution < 1.29 is 9.59 Å². The molecule has 0 spiro atoms.